The molecule has 0 amide bonds. The second kappa shape index (κ2) is 7.64. The highest BCUT2D eigenvalue weighted by Gasteiger charge is 2.21. The molecule has 1 rings (SSSR count). The normalized spacial score (nSPS) is 15.2. The van der Waals surface area contributed by atoms with Crippen molar-refractivity contribution in [3.8, 4) is 0 Å². The molecule has 0 saturated carbocycles. The molecule has 3 nitrogen and oxygen atoms in total. The van der Waals surface area contributed by atoms with E-state index in [1.54, 1.807) is 0 Å². The quantitative estimate of drug-likeness (QED) is 0.810. The van der Waals surface area contributed by atoms with Gasteiger partial charge < -0.3 is 5.32 Å². The van der Waals surface area contributed by atoms with Crippen molar-refractivity contribution in [2.45, 2.75) is 66.8 Å². The highest BCUT2D eigenvalue weighted by atomic mass is 35.5. The summed E-state index contributed by atoms with van der Waals surface area (Å²) in [5, 5.41) is 8.85. The molecule has 0 aliphatic carbocycles. The van der Waals surface area contributed by atoms with Gasteiger partial charge in [0.25, 0.3) is 0 Å². The third kappa shape index (κ3) is 5.99. The monoisotopic (exact) mass is 313 g/mol. The number of rotatable bonds is 7. The molecule has 0 aliphatic heterocycles. The van der Waals surface area contributed by atoms with Gasteiger partial charge in [0.05, 0.1) is 16.4 Å². The van der Waals surface area contributed by atoms with Gasteiger partial charge in [0.15, 0.2) is 0 Å². The third-order valence-corrected chi connectivity index (χ3v) is 4.33. The molecule has 21 heavy (non-hydrogen) atoms. The highest BCUT2D eigenvalue weighted by Crippen LogP contribution is 2.28. The molecule has 1 heterocycles. The van der Waals surface area contributed by atoms with Crippen molar-refractivity contribution in [3.63, 3.8) is 0 Å². The number of nitrogens with one attached hydrogen (secondary N) is 1. The van der Waals surface area contributed by atoms with Crippen LogP contribution in [0.5, 0.6) is 0 Å². The molecule has 2 unspecified atom stereocenters. The second-order valence-corrected chi connectivity index (χ2v) is 7.91. The minimum Gasteiger partial charge on any atom is -0.314 e. The van der Waals surface area contributed by atoms with E-state index in [0.29, 0.717) is 17.4 Å². The Balaban J connectivity index is 2.73. The van der Waals surface area contributed by atoms with Crippen LogP contribution in [0.2, 0.25) is 5.02 Å². The van der Waals surface area contributed by atoms with Crippen LogP contribution < -0.4 is 5.32 Å². The Labute approximate surface area is 135 Å². The van der Waals surface area contributed by atoms with Crippen molar-refractivity contribution in [2.24, 2.45) is 18.4 Å². The zero-order chi connectivity index (χ0) is 16.2. The fourth-order valence-electron chi connectivity index (χ4n) is 3.28. The van der Waals surface area contributed by atoms with Crippen molar-refractivity contribution in [1.29, 1.82) is 0 Å². The van der Waals surface area contributed by atoms with Crippen LogP contribution in [-0.4, -0.2) is 22.4 Å². The van der Waals surface area contributed by atoms with Crippen LogP contribution in [0.1, 0.15) is 58.8 Å². The zero-order valence-corrected chi connectivity index (χ0v) is 15.5. The zero-order valence-electron chi connectivity index (χ0n) is 14.8. The molecule has 1 aromatic rings. The lowest BCUT2D eigenvalue weighted by molar-refractivity contribution is 0.274. The van der Waals surface area contributed by atoms with Gasteiger partial charge >= 0.3 is 0 Å². The van der Waals surface area contributed by atoms with Crippen molar-refractivity contribution in [1.82, 2.24) is 15.1 Å². The summed E-state index contributed by atoms with van der Waals surface area (Å²) in [6, 6.07) is 0.458. The van der Waals surface area contributed by atoms with Crippen LogP contribution in [0.4, 0.5) is 0 Å². The van der Waals surface area contributed by atoms with Gasteiger partial charge in [-0.25, -0.2) is 0 Å². The molecular formula is C17H32ClN3. The Morgan fingerprint density at radius 1 is 1.33 bits per heavy atom. The number of likely N-dealkylation sites (N-methyl/N-ethyl adjacent to an activating group) is 1. The molecule has 0 fully saturated rings. The molecule has 122 valence electrons. The van der Waals surface area contributed by atoms with E-state index in [-0.39, 0.29) is 0 Å². The summed E-state index contributed by atoms with van der Waals surface area (Å²) in [5.74, 6) is 0.696. The fraction of sp³-hybridized carbons (Fsp3) is 0.824. The summed E-state index contributed by atoms with van der Waals surface area (Å²) in [4.78, 5) is 0. The molecule has 2 atom stereocenters. The number of aryl methyl sites for hydroxylation is 2. The molecule has 1 N–H and O–H groups in total. The molecule has 1 aromatic heterocycles. The molecule has 0 bridgehead atoms. The Morgan fingerprint density at radius 2 is 1.95 bits per heavy atom. The van der Waals surface area contributed by atoms with Gasteiger partial charge in [-0.05, 0) is 37.6 Å². The van der Waals surface area contributed by atoms with Gasteiger partial charge in [-0.1, -0.05) is 46.2 Å². The predicted molar refractivity (Wildman–Crippen MR) is 92.0 cm³/mol. The van der Waals surface area contributed by atoms with E-state index < -0.39 is 0 Å². The van der Waals surface area contributed by atoms with Crippen LogP contribution in [0.15, 0.2) is 0 Å². The second-order valence-electron chi connectivity index (χ2n) is 7.53. The molecular weight excluding hydrogens is 282 g/mol. The molecule has 0 radical (unpaired) electrons. The SMILES string of the molecule is CCNC(Cc1c(Cl)c(C)nn1C)CC(C)CC(C)(C)C. The largest absolute Gasteiger partial charge is 0.314 e. The maximum absolute atomic E-state index is 6.39. The topological polar surface area (TPSA) is 29.9 Å². The highest BCUT2D eigenvalue weighted by molar-refractivity contribution is 6.31. The van der Waals surface area contributed by atoms with Gasteiger partial charge in [-0.2, -0.15) is 5.10 Å². The number of aromatic nitrogens is 2. The third-order valence-electron chi connectivity index (χ3n) is 3.84. The van der Waals surface area contributed by atoms with Crippen LogP contribution in [0, 0.1) is 18.3 Å². The van der Waals surface area contributed by atoms with Gasteiger partial charge in [0.1, 0.15) is 0 Å². The molecule has 0 aliphatic rings. The van der Waals surface area contributed by atoms with Gasteiger partial charge in [-0.15, -0.1) is 0 Å². The first kappa shape index (κ1) is 18.5. The average Bonchev–Trinajstić information content (AvgIpc) is 2.53. The van der Waals surface area contributed by atoms with E-state index in [1.165, 1.54) is 12.8 Å². The summed E-state index contributed by atoms with van der Waals surface area (Å²) < 4.78 is 1.93. The van der Waals surface area contributed by atoms with E-state index in [1.807, 2.05) is 18.7 Å². The van der Waals surface area contributed by atoms with Gasteiger partial charge in [-0.3, -0.25) is 4.68 Å². The Morgan fingerprint density at radius 3 is 2.38 bits per heavy atom. The minimum atomic E-state index is 0.386. The maximum Gasteiger partial charge on any atom is 0.0847 e. The van der Waals surface area contributed by atoms with Crippen molar-refractivity contribution >= 4 is 11.6 Å². The predicted octanol–water partition coefficient (Wildman–Crippen LogP) is 4.36. The van der Waals surface area contributed by atoms with Crippen molar-refractivity contribution in [3.05, 3.63) is 16.4 Å². The van der Waals surface area contributed by atoms with Crippen LogP contribution >= 0.6 is 11.6 Å². The maximum atomic E-state index is 6.39. The van der Waals surface area contributed by atoms with Crippen molar-refractivity contribution < 1.29 is 0 Å². The number of halogens is 1. The summed E-state index contributed by atoms with van der Waals surface area (Å²) in [5.41, 5.74) is 2.45. The van der Waals surface area contributed by atoms with Gasteiger partial charge in [0, 0.05) is 19.5 Å². The van der Waals surface area contributed by atoms with Gasteiger partial charge in [0.2, 0.25) is 0 Å². The Bertz CT molecular complexity index is 446. The molecule has 0 aromatic carbocycles. The summed E-state index contributed by atoms with van der Waals surface area (Å²) >= 11 is 6.39. The smallest absolute Gasteiger partial charge is 0.0847 e. The van der Waals surface area contributed by atoms with Crippen LogP contribution in [0.25, 0.3) is 0 Å². The average molecular weight is 314 g/mol. The van der Waals surface area contributed by atoms with Crippen LogP contribution in [0.3, 0.4) is 0 Å². The lowest BCUT2D eigenvalue weighted by Gasteiger charge is -2.27. The molecule has 4 heteroatoms. The summed E-state index contributed by atoms with van der Waals surface area (Å²) in [6.07, 6.45) is 3.36. The van der Waals surface area contributed by atoms with E-state index in [2.05, 4.69) is 45.0 Å². The van der Waals surface area contributed by atoms with Crippen molar-refractivity contribution in [2.75, 3.05) is 6.54 Å². The van der Waals surface area contributed by atoms with E-state index in [0.717, 1.165) is 29.4 Å². The lowest BCUT2D eigenvalue weighted by Crippen LogP contribution is -2.34. The summed E-state index contributed by atoms with van der Waals surface area (Å²) in [7, 11) is 1.98. The summed E-state index contributed by atoms with van der Waals surface area (Å²) in [6.45, 7) is 14.4. The van der Waals surface area contributed by atoms with E-state index >= 15 is 0 Å². The molecule has 0 saturated heterocycles. The standard InChI is InChI=1S/C17H32ClN3/c1-8-19-14(9-12(2)11-17(4,5)6)10-15-16(18)13(3)20-21(15)7/h12,14,19H,8-11H2,1-7H3. The first-order valence-corrected chi connectivity index (χ1v) is 8.43. The molecule has 0 spiro atoms. The first-order valence-electron chi connectivity index (χ1n) is 8.05. The Hall–Kier alpha value is -0.540. The Kier molecular flexibility index (Phi) is 6.73. The number of hydrogen-bond donors (Lipinski definition) is 1. The van der Waals surface area contributed by atoms with E-state index in [9.17, 15) is 0 Å². The van der Waals surface area contributed by atoms with Crippen LogP contribution in [-0.2, 0) is 13.5 Å². The lowest BCUT2D eigenvalue weighted by atomic mass is 9.82. The fourth-order valence-corrected chi connectivity index (χ4v) is 3.51. The van der Waals surface area contributed by atoms with E-state index in [4.69, 9.17) is 11.6 Å². The first-order chi connectivity index (χ1) is 9.64. The number of nitrogens with zero attached hydrogens (tertiary/aromatic N) is 2. The minimum absolute atomic E-state index is 0.386. The number of hydrogen-bond acceptors (Lipinski definition) is 2.